The molecule has 0 saturated heterocycles. The Kier molecular flexibility index (Phi) is 4.39. The largest absolute Gasteiger partial charge is 0.392 e. The van der Waals surface area contributed by atoms with E-state index in [1.165, 1.54) is 27.8 Å². The monoisotopic (exact) mass is 254 g/mol. The lowest BCUT2D eigenvalue weighted by molar-refractivity contribution is 0.175. The third-order valence-corrected chi connectivity index (χ3v) is 3.68. The number of benzene rings is 2. The summed E-state index contributed by atoms with van der Waals surface area (Å²) in [4.78, 5) is 0. The maximum Gasteiger partial charge on any atom is 0.0621 e. The first-order valence-corrected chi connectivity index (χ1v) is 6.85. The second-order valence-electron chi connectivity index (χ2n) is 5.42. The van der Waals surface area contributed by atoms with Gasteiger partial charge in [0.25, 0.3) is 0 Å². The van der Waals surface area contributed by atoms with Gasteiger partial charge < -0.3 is 5.11 Å². The first kappa shape index (κ1) is 13.8. The van der Waals surface area contributed by atoms with Gasteiger partial charge >= 0.3 is 0 Å². The van der Waals surface area contributed by atoms with Crippen molar-refractivity contribution in [3.8, 4) is 0 Å². The number of hydrogen-bond donors (Lipinski definition) is 1. The number of aliphatic hydroxyl groups excluding tert-OH is 1. The van der Waals surface area contributed by atoms with E-state index in [9.17, 15) is 5.11 Å². The fraction of sp³-hybridized carbons (Fsp3) is 0.333. The third-order valence-electron chi connectivity index (χ3n) is 3.68. The molecule has 1 nitrogen and oxygen atoms in total. The van der Waals surface area contributed by atoms with Crippen LogP contribution < -0.4 is 0 Å². The Hall–Kier alpha value is -1.60. The van der Waals surface area contributed by atoms with Gasteiger partial charge in [-0.25, -0.2) is 0 Å². The first-order chi connectivity index (χ1) is 9.06. The summed E-state index contributed by atoms with van der Waals surface area (Å²) >= 11 is 0. The van der Waals surface area contributed by atoms with Gasteiger partial charge in [-0.3, -0.25) is 0 Å². The minimum Gasteiger partial charge on any atom is -0.392 e. The van der Waals surface area contributed by atoms with Crippen molar-refractivity contribution in [2.75, 3.05) is 0 Å². The number of rotatable bonds is 4. The van der Waals surface area contributed by atoms with E-state index in [1.54, 1.807) is 0 Å². The Balaban J connectivity index is 2.07. The summed E-state index contributed by atoms with van der Waals surface area (Å²) in [5.74, 6) is 0. The van der Waals surface area contributed by atoms with Crippen molar-refractivity contribution in [2.24, 2.45) is 0 Å². The van der Waals surface area contributed by atoms with Crippen molar-refractivity contribution >= 4 is 0 Å². The van der Waals surface area contributed by atoms with Crippen molar-refractivity contribution in [3.63, 3.8) is 0 Å². The van der Waals surface area contributed by atoms with Crippen LogP contribution in [0.1, 0.15) is 27.8 Å². The van der Waals surface area contributed by atoms with Gasteiger partial charge in [-0.05, 0) is 55.9 Å². The van der Waals surface area contributed by atoms with Gasteiger partial charge in [0, 0.05) is 0 Å². The van der Waals surface area contributed by atoms with E-state index in [4.69, 9.17) is 0 Å². The van der Waals surface area contributed by atoms with Gasteiger partial charge in [-0.1, -0.05) is 48.0 Å². The Morgan fingerprint density at radius 3 is 2.21 bits per heavy atom. The molecule has 2 aromatic carbocycles. The van der Waals surface area contributed by atoms with Crippen LogP contribution in [-0.4, -0.2) is 11.2 Å². The molecule has 1 N–H and O–H groups in total. The highest BCUT2D eigenvalue weighted by atomic mass is 16.3. The molecule has 0 heterocycles. The summed E-state index contributed by atoms with van der Waals surface area (Å²) in [5, 5.41) is 10.3. The minimum absolute atomic E-state index is 0.318. The van der Waals surface area contributed by atoms with Crippen LogP contribution in [0.15, 0.2) is 42.5 Å². The van der Waals surface area contributed by atoms with Crippen LogP contribution in [0.4, 0.5) is 0 Å². The lowest BCUT2D eigenvalue weighted by Gasteiger charge is -2.14. The summed E-state index contributed by atoms with van der Waals surface area (Å²) in [5.41, 5.74) is 6.25. The SMILES string of the molecule is Cc1ccc(C)c(CC(O)Cc2ccccc2C)c1. The van der Waals surface area contributed by atoms with Crippen LogP contribution in [0.25, 0.3) is 0 Å². The third kappa shape index (κ3) is 3.68. The van der Waals surface area contributed by atoms with Crippen LogP contribution in [0.5, 0.6) is 0 Å². The zero-order valence-corrected chi connectivity index (χ0v) is 12.0. The molecule has 0 aliphatic rings. The number of aryl methyl sites for hydroxylation is 3. The molecule has 19 heavy (non-hydrogen) atoms. The van der Waals surface area contributed by atoms with Gasteiger partial charge in [0.2, 0.25) is 0 Å². The molecule has 0 fully saturated rings. The standard InChI is InChI=1S/C18H22O/c1-13-8-9-15(3)17(10-13)12-18(19)11-16-7-5-4-6-14(16)2/h4-10,18-19H,11-12H2,1-3H3. The van der Waals surface area contributed by atoms with Crippen LogP contribution in [0.3, 0.4) is 0 Å². The van der Waals surface area contributed by atoms with E-state index in [0.29, 0.717) is 0 Å². The molecular formula is C18H22O. The van der Waals surface area contributed by atoms with E-state index in [2.05, 4.69) is 51.1 Å². The highest BCUT2D eigenvalue weighted by Crippen LogP contribution is 2.16. The molecular weight excluding hydrogens is 232 g/mol. The minimum atomic E-state index is -0.318. The Morgan fingerprint density at radius 2 is 1.47 bits per heavy atom. The van der Waals surface area contributed by atoms with Crippen LogP contribution >= 0.6 is 0 Å². The van der Waals surface area contributed by atoms with E-state index >= 15 is 0 Å². The molecule has 0 aliphatic heterocycles. The predicted octanol–water partition coefficient (Wildman–Crippen LogP) is 3.76. The van der Waals surface area contributed by atoms with Crippen molar-refractivity contribution in [3.05, 3.63) is 70.3 Å². The maximum absolute atomic E-state index is 10.3. The Labute approximate surface area is 115 Å². The van der Waals surface area contributed by atoms with Crippen LogP contribution in [0, 0.1) is 20.8 Å². The molecule has 0 spiro atoms. The van der Waals surface area contributed by atoms with Crippen molar-refractivity contribution < 1.29 is 5.11 Å². The smallest absolute Gasteiger partial charge is 0.0621 e. The van der Waals surface area contributed by atoms with Crippen LogP contribution in [-0.2, 0) is 12.8 Å². The second-order valence-corrected chi connectivity index (χ2v) is 5.42. The Morgan fingerprint density at radius 1 is 0.842 bits per heavy atom. The van der Waals surface area contributed by atoms with Crippen molar-refractivity contribution in [2.45, 2.75) is 39.7 Å². The fourth-order valence-corrected chi connectivity index (χ4v) is 2.44. The molecule has 0 radical (unpaired) electrons. The predicted molar refractivity (Wildman–Crippen MR) is 80.5 cm³/mol. The second kappa shape index (κ2) is 6.03. The molecule has 1 heteroatoms. The van der Waals surface area contributed by atoms with Gasteiger partial charge in [0.1, 0.15) is 0 Å². The molecule has 1 atom stereocenters. The van der Waals surface area contributed by atoms with Gasteiger partial charge in [-0.15, -0.1) is 0 Å². The van der Waals surface area contributed by atoms with Crippen molar-refractivity contribution in [1.29, 1.82) is 0 Å². The van der Waals surface area contributed by atoms with Crippen molar-refractivity contribution in [1.82, 2.24) is 0 Å². The average molecular weight is 254 g/mol. The zero-order valence-electron chi connectivity index (χ0n) is 12.0. The van der Waals surface area contributed by atoms with E-state index in [1.807, 2.05) is 12.1 Å². The molecule has 100 valence electrons. The molecule has 0 amide bonds. The fourth-order valence-electron chi connectivity index (χ4n) is 2.44. The lowest BCUT2D eigenvalue weighted by atomic mass is 9.95. The zero-order chi connectivity index (χ0) is 13.8. The highest BCUT2D eigenvalue weighted by Gasteiger charge is 2.10. The summed E-state index contributed by atoms with van der Waals surface area (Å²) in [6.45, 7) is 6.30. The van der Waals surface area contributed by atoms with Gasteiger partial charge in [-0.2, -0.15) is 0 Å². The maximum atomic E-state index is 10.3. The summed E-state index contributed by atoms with van der Waals surface area (Å²) in [7, 11) is 0. The normalized spacial score (nSPS) is 12.4. The van der Waals surface area contributed by atoms with Gasteiger partial charge in [0.05, 0.1) is 6.10 Å². The van der Waals surface area contributed by atoms with E-state index < -0.39 is 0 Å². The average Bonchev–Trinajstić information content (AvgIpc) is 2.37. The molecule has 2 aromatic rings. The number of hydrogen-bond acceptors (Lipinski definition) is 1. The summed E-state index contributed by atoms with van der Waals surface area (Å²) in [6, 6.07) is 14.7. The topological polar surface area (TPSA) is 20.2 Å². The molecule has 2 rings (SSSR count). The van der Waals surface area contributed by atoms with Gasteiger partial charge in [0.15, 0.2) is 0 Å². The highest BCUT2D eigenvalue weighted by molar-refractivity contribution is 5.32. The number of aliphatic hydroxyl groups is 1. The lowest BCUT2D eigenvalue weighted by Crippen LogP contribution is -2.15. The van der Waals surface area contributed by atoms with Crippen LogP contribution in [0.2, 0.25) is 0 Å². The summed E-state index contributed by atoms with van der Waals surface area (Å²) < 4.78 is 0. The molecule has 0 saturated carbocycles. The first-order valence-electron chi connectivity index (χ1n) is 6.85. The molecule has 0 bridgehead atoms. The quantitative estimate of drug-likeness (QED) is 0.881. The van der Waals surface area contributed by atoms with E-state index in [-0.39, 0.29) is 6.10 Å². The van der Waals surface area contributed by atoms with E-state index in [0.717, 1.165) is 12.8 Å². The molecule has 1 unspecified atom stereocenters. The molecule has 0 aliphatic carbocycles. The molecule has 0 aromatic heterocycles. The summed E-state index contributed by atoms with van der Waals surface area (Å²) in [6.07, 6.45) is 1.13. The Bertz CT molecular complexity index is 557.